The highest BCUT2D eigenvalue weighted by molar-refractivity contribution is 6.35. The highest BCUT2D eigenvalue weighted by Gasteiger charge is 2.18. The van der Waals surface area contributed by atoms with Crippen LogP contribution in [0.5, 0.6) is 0 Å². The molecule has 0 atom stereocenters. The smallest absolute Gasteiger partial charge is 0.310 e. The number of aryl methyl sites for hydroxylation is 1. The minimum Gasteiger partial charge on any atom is -0.398 e. The molecule has 0 heterocycles. The van der Waals surface area contributed by atoms with E-state index >= 15 is 0 Å². The molecule has 33 heavy (non-hydrogen) atoms. The van der Waals surface area contributed by atoms with Gasteiger partial charge >= 0.3 is 11.9 Å². The molecule has 0 aliphatic rings. The number of benzene rings is 2. The summed E-state index contributed by atoms with van der Waals surface area (Å²) in [6.07, 6.45) is 0.861. The van der Waals surface area contributed by atoms with Crippen molar-refractivity contribution in [3.8, 4) is 0 Å². The Hall–Kier alpha value is -2.94. The van der Waals surface area contributed by atoms with Crippen molar-refractivity contribution in [3.63, 3.8) is 0 Å². The molecule has 0 aromatic heterocycles. The topological polar surface area (TPSA) is 127 Å². The molecule has 10 heteroatoms. The highest BCUT2D eigenvalue weighted by atomic mass is 35.5. The number of hydrogen-bond acceptors (Lipinski definition) is 7. The number of nitrogens with two attached hydrogens (primary N) is 1. The Morgan fingerprint density at radius 1 is 0.879 bits per heavy atom. The van der Waals surface area contributed by atoms with Crippen LogP contribution in [-0.4, -0.2) is 28.9 Å². The van der Waals surface area contributed by atoms with Crippen molar-refractivity contribution in [2.24, 2.45) is 0 Å². The van der Waals surface area contributed by atoms with Gasteiger partial charge in [0.2, 0.25) is 11.8 Å². The molecule has 0 spiro atoms. The van der Waals surface area contributed by atoms with E-state index in [-0.39, 0.29) is 18.4 Å². The molecule has 0 aliphatic heterocycles. The average molecular weight is 499 g/mol. The number of halogens is 2. The van der Waals surface area contributed by atoms with Gasteiger partial charge in [-0.1, -0.05) is 42.3 Å². The van der Waals surface area contributed by atoms with Crippen LogP contribution < -0.4 is 10.6 Å². The number of nitrogens with zero attached hydrogens (tertiary/aromatic N) is 1. The zero-order valence-electron chi connectivity index (χ0n) is 19.1. The van der Waals surface area contributed by atoms with E-state index in [4.69, 9.17) is 34.0 Å². The third-order valence-corrected chi connectivity index (χ3v) is 4.46. The minimum atomic E-state index is -0.562. The molecule has 0 unspecified atom stereocenters. The molecular weight excluding hydrogens is 471 g/mol. The number of anilines is 2. The van der Waals surface area contributed by atoms with Gasteiger partial charge in [0.1, 0.15) is 0 Å². The van der Waals surface area contributed by atoms with Gasteiger partial charge in [-0.05, 0) is 41.8 Å². The quantitative estimate of drug-likeness (QED) is 0.366. The van der Waals surface area contributed by atoms with Crippen molar-refractivity contribution in [1.82, 2.24) is 0 Å². The third kappa shape index (κ3) is 11.5. The summed E-state index contributed by atoms with van der Waals surface area (Å²) in [6.45, 7) is 7.05. The van der Waals surface area contributed by atoms with Crippen molar-refractivity contribution in [2.45, 2.75) is 47.6 Å². The number of carbonyl (C=O) groups is 4. The van der Waals surface area contributed by atoms with Crippen LogP contribution in [0.4, 0.5) is 11.4 Å². The van der Waals surface area contributed by atoms with Crippen LogP contribution in [0.25, 0.3) is 0 Å². The van der Waals surface area contributed by atoms with Gasteiger partial charge in [0.15, 0.2) is 0 Å². The number of ether oxygens (including phenoxy) is 1. The third-order valence-electron chi connectivity index (χ3n) is 3.83. The molecule has 2 aromatic carbocycles. The lowest BCUT2D eigenvalue weighted by molar-refractivity contribution is -0.156. The van der Waals surface area contributed by atoms with Crippen LogP contribution in [0.15, 0.2) is 36.4 Å². The summed E-state index contributed by atoms with van der Waals surface area (Å²) < 4.78 is 3.97. The molecule has 0 bridgehead atoms. The number of nitrogen functional groups attached to an aromatic ring is 1. The second-order valence-electron chi connectivity index (χ2n) is 6.61. The first-order valence-corrected chi connectivity index (χ1v) is 10.5. The summed E-state index contributed by atoms with van der Waals surface area (Å²) in [7, 11) is 0. The van der Waals surface area contributed by atoms with Gasteiger partial charge in [0.25, 0.3) is 0 Å². The largest absolute Gasteiger partial charge is 0.398 e. The monoisotopic (exact) mass is 498 g/mol. The molecule has 8 nitrogen and oxygen atoms in total. The van der Waals surface area contributed by atoms with Gasteiger partial charge < -0.3 is 15.6 Å². The van der Waals surface area contributed by atoms with E-state index in [1.807, 2.05) is 13.0 Å². The Kier molecular flexibility index (Phi) is 13.7. The van der Waals surface area contributed by atoms with E-state index in [9.17, 15) is 19.2 Å². The average Bonchev–Trinajstić information content (AvgIpc) is 2.70. The lowest BCUT2D eigenvalue weighted by Gasteiger charge is -2.18. The van der Waals surface area contributed by atoms with Crippen LogP contribution in [0.2, 0.25) is 10.0 Å². The van der Waals surface area contributed by atoms with E-state index in [1.165, 1.54) is 27.7 Å². The Labute approximate surface area is 203 Å². The number of aliphatic hydroxyl groups excluding tert-OH is 1. The molecule has 0 aliphatic carbocycles. The number of aliphatic hydroxyl groups is 1. The van der Waals surface area contributed by atoms with Crippen LogP contribution >= 0.6 is 23.2 Å². The Morgan fingerprint density at radius 3 is 1.70 bits per heavy atom. The number of rotatable bonds is 3. The van der Waals surface area contributed by atoms with Gasteiger partial charge in [-0.3, -0.25) is 19.2 Å². The number of amides is 2. The zero-order chi connectivity index (χ0) is 25.7. The van der Waals surface area contributed by atoms with Gasteiger partial charge in [0.05, 0.1) is 28.0 Å². The maximum atomic E-state index is 11.3. The lowest BCUT2D eigenvalue weighted by atomic mass is 10.1. The van der Waals surface area contributed by atoms with Crippen molar-refractivity contribution >= 4 is 58.3 Å². The van der Waals surface area contributed by atoms with Crippen LogP contribution in [-0.2, 0) is 36.9 Å². The Morgan fingerprint density at radius 2 is 1.36 bits per heavy atom. The van der Waals surface area contributed by atoms with Crippen LogP contribution in [0, 0.1) is 0 Å². The zero-order valence-corrected chi connectivity index (χ0v) is 20.7. The maximum absolute atomic E-state index is 11.3. The normalized spacial score (nSPS) is 9.45. The highest BCUT2D eigenvalue weighted by Crippen LogP contribution is 2.27. The Balaban J connectivity index is 0.000000514. The maximum Gasteiger partial charge on any atom is 0.310 e. The summed E-state index contributed by atoms with van der Waals surface area (Å²) in [6, 6.07) is 10.4. The van der Waals surface area contributed by atoms with E-state index < -0.39 is 11.9 Å². The van der Waals surface area contributed by atoms with E-state index in [2.05, 4.69) is 4.74 Å². The SMILES string of the molecule is CC(=O)OC(C)=O.CCc1ccc(N(C(C)=O)C(C)=O)c(Cl)c1.Nc1ccc(CO)cc1Cl. The molecule has 0 fully saturated rings. The van der Waals surface area contributed by atoms with Crippen molar-refractivity contribution < 1.29 is 29.0 Å². The molecule has 180 valence electrons. The van der Waals surface area contributed by atoms with Crippen molar-refractivity contribution in [3.05, 3.63) is 57.6 Å². The first-order chi connectivity index (χ1) is 15.3. The summed E-state index contributed by atoms with van der Waals surface area (Å²) >= 11 is 11.7. The lowest BCUT2D eigenvalue weighted by Crippen LogP contribution is -2.33. The molecular formula is C23H28Cl2N2O6. The summed E-state index contributed by atoms with van der Waals surface area (Å²) in [5.41, 5.74) is 8.26. The molecule has 0 saturated carbocycles. The van der Waals surface area contributed by atoms with Crippen LogP contribution in [0.3, 0.4) is 0 Å². The first kappa shape index (κ1) is 30.1. The van der Waals surface area contributed by atoms with E-state index in [1.54, 1.807) is 30.3 Å². The van der Waals surface area contributed by atoms with Crippen molar-refractivity contribution in [2.75, 3.05) is 10.6 Å². The fraction of sp³-hybridized carbons (Fsp3) is 0.304. The molecule has 2 aromatic rings. The second-order valence-corrected chi connectivity index (χ2v) is 7.43. The predicted octanol–water partition coefficient (Wildman–Crippen LogP) is 4.31. The molecule has 0 saturated heterocycles. The number of carbonyl (C=O) groups excluding carboxylic acids is 4. The molecule has 2 rings (SSSR count). The van der Waals surface area contributed by atoms with Gasteiger partial charge in [0, 0.05) is 27.7 Å². The standard InChI is InChI=1S/C12H14ClNO2.C7H8ClNO.C4H6O3/c1-4-10-5-6-12(11(13)7-10)14(8(2)15)9(3)16;8-6-3-5(4-10)1-2-7(6)9;1-3(5)7-4(2)6/h5-7H,4H2,1-3H3;1-3,10H,4,9H2;1-2H3. The fourth-order valence-electron chi connectivity index (χ4n) is 2.38. The summed E-state index contributed by atoms with van der Waals surface area (Å²) in [4.78, 5) is 43.4. The van der Waals surface area contributed by atoms with Gasteiger partial charge in [-0.25, -0.2) is 4.90 Å². The summed E-state index contributed by atoms with van der Waals surface area (Å²) in [5, 5.41) is 9.57. The van der Waals surface area contributed by atoms with Crippen LogP contribution in [0.1, 0.15) is 45.7 Å². The van der Waals surface area contributed by atoms with E-state index in [0.717, 1.165) is 22.4 Å². The van der Waals surface area contributed by atoms with E-state index in [0.29, 0.717) is 21.4 Å². The van der Waals surface area contributed by atoms with Gasteiger partial charge in [-0.2, -0.15) is 0 Å². The number of esters is 2. The van der Waals surface area contributed by atoms with Gasteiger partial charge in [-0.15, -0.1) is 0 Å². The number of imide groups is 1. The number of hydrogen-bond donors (Lipinski definition) is 2. The molecule has 2 amide bonds. The molecule has 0 radical (unpaired) electrons. The molecule has 3 N–H and O–H groups in total. The first-order valence-electron chi connectivity index (χ1n) is 9.77. The summed E-state index contributed by atoms with van der Waals surface area (Å²) in [5.74, 6) is -1.79. The second kappa shape index (κ2) is 15.0. The predicted molar refractivity (Wildman–Crippen MR) is 129 cm³/mol. The Bertz CT molecular complexity index is 969. The fourth-order valence-corrected chi connectivity index (χ4v) is 2.87. The minimum absolute atomic E-state index is 0. The van der Waals surface area contributed by atoms with Crippen molar-refractivity contribution in [1.29, 1.82) is 0 Å².